The summed E-state index contributed by atoms with van der Waals surface area (Å²) in [5, 5.41) is -0.264. The maximum atomic E-state index is 11.7. The van der Waals surface area contributed by atoms with Crippen molar-refractivity contribution in [3.63, 3.8) is 0 Å². The Kier molecular flexibility index (Phi) is 2.91. The SMILES string of the molecule is CC(Cl)c1nc2c(S(C)(=O)=O)cccc2n1C. The predicted octanol–water partition coefficient (Wildman–Crippen LogP) is 2.28. The van der Waals surface area contributed by atoms with E-state index in [1.165, 1.54) is 6.26 Å². The Morgan fingerprint density at radius 1 is 1.41 bits per heavy atom. The van der Waals surface area contributed by atoms with Gasteiger partial charge in [-0.3, -0.25) is 0 Å². The molecule has 0 bridgehead atoms. The molecule has 0 saturated heterocycles. The molecule has 92 valence electrons. The number of hydrogen-bond acceptors (Lipinski definition) is 3. The molecular weight excluding hydrogens is 260 g/mol. The van der Waals surface area contributed by atoms with E-state index in [2.05, 4.69) is 4.98 Å². The normalized spacial score (nSPS) is 14.1. The summed E-state index contributed by atoms with van der Waals surface area (Å²) in [6, 6.07) is 5.11. The molecule has 2 rings (SSSR count). The van der Waals surface area contributed by atoms with Crippen LogP contribution in [0.4, 0.5) is 0 Å². The maximum Gasteiger partial charge on any atom is 0.177 e. The Morgan fingerprint density at radius 3 is 2.59 bits per heavy atom. The van der Waals surface area contributed by atoms with E-state index in [0.717, 1.165) is 5.52 Å². The summed E-state index contributed by atoms with van der Waals surface area (Å²) < 4.78 is 25.1. The standard InChI is InChI=1S/C11H13ClN2O2S/c1-7(12)11-13-10-8(14(11)2)5-4-6-9(10)17(3,15)16/h4-7H,1-3H3. The maximum absolute atomic E-state index is 11.7. The first-order valence-corrected chi connectivity index (χ1v) is 7.44. The zero-order chi connectivity index (χ0) is 12.8. The minimum Gasteiger partial charge on any atom is -0.330 e. The van der Waals surface area contributed by atoms with E-state index < -0.39 is 9.84 Å². The van der Waals surface area contributed by atoms with Crippen molar-refractivity contribution in [3.05, 3.63) is 24.0 Å². The number of hydrogen-bond donors (Lipinski definition) is 0. The number of aryl methyl sites for hydroxylation is 1. The van der Waals surface area contributed by atoms with E-state index >= 15 is 0 Å². The second-order valence-electron chi connectivity index (χ2n) is 4.04. The van der Waals surface area contributed by atoms with E-state index in [0.29, 0.717) is 11.3 Å². The zero-order valence-electron chi connectivity index (χ0n) is 9.81. The van der Waals surface area contributed by atoms with Crippen molar-refractivity contribution in [2.24, 2.45) is 7.05 Å². The van der Waals surface area contributed by atoms with E-state index in [9.17, 15) is 8.42 Å². The van der Waals surface area contributed by atoms with Gasteiger partial charge in [-0.05, 0) is 19.1 Å². The van der Waals surface area contributed by atoms with Crippen molar-refractivity contribution < 1.29 is 8.42 Å². The molecule has 0 amide bonds. The van der Waals surface area contributed by atoms with Gasteiger partial charge < -0.3 is 4.57 Å². The van der Waals surface area contributed by atoms with Crippen LogP contribution >= 0.6 is 11.6 Å². The van der Waals surface area contributed by atoms with Gasteiger partial charge in [0.25, 0.3) is 0 Å². The van der Waals surface area contributed by atoms with Crippen LogP contribution in [0.15, 0.2) is 23.1 Å². The van der Waals surface area contributed by atoms with Crippen LogP contribution in [0.2, 0.25) is 0 Å². The molecule has 1 atom stereocenters. The highest BCUT2D eigenvalue weighted by molar-refractivity contribution is 7.91. The van der Waals surface area contributed by atoms with Crippen molar-refractivity contribution in [3.8, 4) is 0 Å². The Labute approximate surface area is 105 Å². The number of benzene rings is 1. The molecule has 0 aliphatic heterocycles. The van der Waals surface area contributed by atoms with Gasteiger partial charge in [0.1, 0.15) is 11.3 Å². The van der Waals surface area contributed by atoms with Crippen LogP contribution in [0.25, 0.3) is 11.0 Å². The van der Waals surface area contributed by atoms with Crippen LogP contribution in [0.1, 0.15) is 18.1 Å². The molecule has 0 saturated carbocycles. The van der Waals surface area contributed by atoms with E-state index in [1.807, 2.05) is 24.6 Å². The molecule has 0 fully saturated rings. The molecule has 4 nitrogen and oxygen atoms in total. The summed E-state index contributed by atoms with van der Waals surface area (Å²) in [5.41, 5.74) is 1.26. The van der Waals surface area contributed by atoms with Gasteiger partial charge in [-0.2, -0.15) is 0 Å². The number of alkyl halides is 1. The Balaban J connectivity index is 2.88. The highest BCUT2D eigenvalue weighted by atomic mass is 35.5. The number of para-hydroxylation sites is 1. The number of rotatable bonds is 2. The van der Waals surface area contributed by atoms with Crippen molar-refractivity contribution in [1.29, 1.82) is 0 Å². The molecule has 2 aromatic rings. The quantitative estimate of drug-likeness (QED) is 0.788. The third-order valence-corrected chi connectivity index (χ3v) is 3.99. The topological polar surface area (TPSA) is 52.0 Å². The Bertz CT molecular complexity index is 674. The van der Waals surface area contributed by atoms with Gasteiger partial charge >= 0.3 is 0 Å². The number of halogens is 1. The monoisotopic (exact) mass is 272 g/mol. The third-order valence-electron chi connectivity index (χ3n) is 2.66. The van der Waals surface area contributed by atoms with Gasteiger partial charge in [0.05, 0.1) is 15.8 Å². The summed E-state index contributed by atoms with van der Waals surface area (Å²) in [7, 11) is -1.45. The van der Waals surface area contributed by atoms with Crippen LogP contribution in [0.3, 0.4) is 0 Å². The van der Waals surface area contributed by atoms with E-state index in [4.69, 9.17) is 11.6 Å². The fraction of sp³-hybridized carbons (Fsp3) is 0.364. The summed E-state index contributed by atoms with van der Waals surface area (Å²) >= 11 is 6.01. The van der Waals surface area contributed by atoms with E-state index in [-0.39, 0.29) is 10.3 Å². The summed E-state index contributed by atoms with van der Waals surface area (Å²) in [5.74, 6) is 0.665. The van der Waals surface area contributed by atoms with Crippen molar-refractivity contribution in [1.82, 2.24) is 9.55 Å². The molecule has 1 heterocycles. The second kappa shape index (κ2) is 3.99. The Morgan fingerprint density at radius 2 is 2.06 bits per heavy atom. The lowest BCUT2D eigenvalue weighted by molar-refractivity contribution is 0.602. The summed E-state index contributed by atoms with van der Waals surface area (Å²) in [4.78, 5) is 4.57. The van der Waals surface area contributed by atoms with E-state index in [1.54, 1.807) is 12.1 Å². The lowest BCUT2D eigenvalue weighted by atomic mass is 10.3. The minimum absolute atomic E-state index is 0.245. The lowest BCUT2D eigenvalue weighted by Gasteiger charge is -2.02. The molecule has 1 aromatic carbocycles. The highest BCUT2D eigenvalue weighted by Crippen LogP contribution is 2.27. The van der Waals surface area contributed by atoms with Crippen molar-refractivity contribution >= 4 is 32.5 Å². The number of aromatic nitrogens is 2. The largest absolute Gasteiger partial charge is 0.330 e. The molecule has 0 N–H and O–H groups in total. The van der Waals surface area contributed by atoms with Gasteiger partial charge in [0, 0.05) is 13.3 Å². The number of nitrogens with zero attached hydrogens (tertiary/aromatic N) is 2. The molecule has 1 aromatic heterocycles. The van der Waals surface area contributed by atoms with Crippen LogP contribution in [-0.2, 0) is 16.9 Å². The average Bonchev–Trinajstić information content (AvgIpc) is 2.55. The van der Waals surface area contributed by atoms with Crippen LogP contribution in [0, 0.1) is 0 Å². The molecule has 17 heavy (non-hydrogen) atoms. The molecule has 0 aliphatic rings. The third kappa shape index (κ3) is 2.05. The molecule has 0 spiro atoms. The van der Waals surface area contributed by atoms with Crippen molar-refractivity contribution in [2.45, 2.75) is 17.2 Å². The number of fused-ring (bicyclic) bond motifs is 1. The molecular formula is C11H13ClN2O2S. The van der Waals surface area contributed by atoms with Gasteiger partial charge in [0.15, 0.2) is 9.84 Å². The first kappa shape index (κ1) is 12.4. The molecule has 0 radical (unpaired) electrons. The summed E-state index contributed by atoms with van der Waals surface area (Å²) in [6.45, 7) is 1.81. The smallest absolute Gasteiger partial charge is 0.177 e. The van der Waals surface area contributed by atoms with Gasteiger partial charge in [-0.1, -0.05) is 6.07 Å². The first-order chi connectivity index (χ1) is 7.82. The predicted molar refractivity (Wildman–Crippen MR) is 68.1 cm³/mol. The fourth-order valence-corrected chi connectivity index (χ4v) is 2.88. The lowest BCUT2D eigenvalue weighted by Crippen LogP contribution is -1.98. The van der Waals surface area contributed by atoms with Crippen LogP contribution < -0.4 is 0 Å². The van der Waals surface area contributed by atoms with Crippen LogP contribution in [-0.4, -0.2) is 24.2 Å². The van der Waals surface area contributed by atoms with Gasteiger partial charge in [-0.25, -0.2) is 13.4 Å². The highest BCUT2D eigenvalue weighted by Gasteiger charge is 2.18. The fourth-order valence-electron chi connectivity index (χ4n) is 1.86. The van der Waals surface area contributed by atoms with Gasteiger partial charge in [0.2, 0.25) is 0 Å². The molecule has 6 heteroatoms. The second-order valence-corrected chi connectivity index (χ2v) is 6.68. The number of imidazole rings is 1. The minimum atomic E-state index is -3.28. The first-order valence-electron chi connectivity index (χ1n) is 5.12. The molecule has 1 unspecified atom stereocenters. The number of sulfone groups is 1. The molecule has 0 aliphatic carbocycles. The summed E-state index contributed by atoms with van der Waals surface area (Å²) in [6.07, 6.45) is 1.18. The zero-order valence-corrected chi connectivity index (χ0v) is 11.4. The Hall–Kier alpha value is -1.07. The van der Waals surface area contributed by atoms with Gasteiger partial charge in [-0.15, -0.1) is 11.6 Å². The van der Waals surface area contributed by atoms with Crippen LogP contribution in [0.5, 0.6) is 0 Å². The average molecular weight is 273 g/mol. The van der Waals surface area contributed by atoms with Crippen molar-refractivity contribution in [2.75, 3.05) is 6.26 Å².